The van der Waals surface area contributed by atoms with Crippen LogP contribution in [0.2, 0.25) is 5.15 Å². The number of amides is 1. The van der Waals surface area contributed by atoms with E-state index < -0.39 is 0 Å². The molecule has 0 bridgehead atoms. The quantitative estimate of drug-likeness (QED) is 0.785. The summed E-state index contributed by atoms with van der Waals surface area (Å²) in [5, 5.41) is 0.392. The number of carbonyl (C=O) groups is 1. The summed E-state index contributed by atoms with van der Waals surface area (Å²) < 4.78 is 0. The number of nitrogens with zero attached hydrogens (tertiary/aromatic N) is 2. The molecule has 0 atom stereocenters. The van der Waals surface area contributed by atoms with Crippen LogP contribution in [-0.4, -0.2) is 27.9 Å². The van der Waals surface area contributed by atoms with Gasteiger partial charge in [0.25, 0.3) is 5.91 Å². The molecule has 18 heavy (non-hydrogen) atoms. The van der Waals surface area contributed by atoms with Crippen molar-refractivity contribution in [1.29, 1.82) is 0 Å². The van der Waals surface area contributed by atoms with Gasteiger partial charge in [-0.15, -0.1) is 0 Å². The Bertz CT molecular complexity index is 453. The van der Waals surface area contributed by atoms with Gasteiger partial charge in [0.15, 0.2) is 0 Å². The molecule has 1 amide bonds. The van der Waals surface area contributed by atoms with Crippen molar-refractivity contribution < 1.29 is 4.79 Å². The molecule has 0 aliphatic heterocycles. The minimum Gasteiger partial charge on any atom is -0.333 e. The maximum absolute atomic E-state index is 12.6. The molecule has 0 radical (unpaired) electrons. The summed E-state index contributed by atoms with van der Waals surface area (Å²) in [5.41, 5.74) is 0.675. The van der Waals surface area contributed by atoms with Gasteiger partial charge in [-0.3, -0.25) is 4.79 Å². The normalized spacial score (nSPS) is 20.1. The van der Waals surface area contributed by atoms with Gasteiger partial charge >= 0.3 is 0 Å². The van der Waals surface area contributed by atoms with E-state index in [4.69, 9.17) is 11.6 Å². The Morgan fingerprint density at radius 3 is 2.50 bits per heavy atom. The fourth-order valence-electron chi connectivity index (χ4n) is 2.85. The maximum Gasteiger partial charge on any atom is 0.254 e. The first-order valence-electron chi connectivity index (χ1n) is 6.70. The van der Waals surface area contributed by atoms with Crippen LogP contribution in [0.1, 0.15) is 48.9 Å². The summed E-state index contributed by atoms with van der Waals surface area (Å²) >= 11 is 5.87. The van der Waals surface area contributed by atoms with E-state index in [1.54, 1.807) is 18.3 Å². The number of hydrogen-bond donors (Lipinski definition) is 0. The number of aromatic nitrogens is 1. The highest BCUT2D eigenvalue weighted by Gasteiger charge is 2.38. The molecule has 0 aromatic carbocycles. The van der Waals surface area contributed by atoms with E-state index in [2.05, 4.69) is 9.88 Å². The molecule has 0 N–H and O–H groups in total. The molecule has 1 aromatic rings. The van der Waals surface area contributed by atoms with Crippen molar-refractivity contribution in [2.24, 2.45) is 0 Å². The molecule has 4 heteroatoms. The Balaban J connectivity index is 1.83. The lowest BCUT2D eigenvalue weighted by Gasteiger charge is -2.29. The third-order valence-corrected chi connectivity index (χ3v) is 4.07. The number of halogens is 1. The molecule has 1 heterocycles. The van der Waals surface area contributed by atoms with Gasteiger partial charge in [0.1, 0.15) is 5.15 Å². The Hall–Kier alpha value is -1.09. The standard InChI is InChI=1S/C14H17ClN2O/c15-13-9-10(7-8-16-13)14(18)17(12-5-6-12)11-3-1-2-4-11/h7-9,11-12H,1-6H2. The van der Waals surface area contributed by atoms with Crippen LogP contribution < -0.4 is 0 Å². The SMILES string of the molecule is O=C(c1ccnc(Cl)c1)N(C1CCCC1)C1CC1. The van der Waals surface area contributed by atoms with Crippen molar-refractivity contribution in [1.82, 2.24) is 9.88 Å². The summed E-state index contributed by atoms with van der Waals surface area (Å²) in [6.07, 6.45) is 8.72. The molecule has 1 aromatic heterocycles. The second-order valence-electron chi connectivity index (χ2n) is 5.25. The van der Waals surface area contributed by atoms with Crippen LogP contribution in [0.15, 0.2) is 18.3 Å². The van der Waals surface area contributed by atoms with Gasteiger partial charge in [0.2, 0.25) is 0 Å². The maximum atomic E-state index is 12.6. The van der Waals surface area contributed by atoms with Crippen LogP contribution >= 0.6 is 11.6 Å². The first-order valence-corrected chi connectivity index (χ1v) is 7.08. The number of hydrogen-bond acceptors (Lipinski definition) is 2. The molecule has 2 fully saturated rings. The van der Waals surface area contributed by atoms with Gasteiger partial charge in [0.05, 0.1) is 0 Å². The lowest BCUT2D eigenvalue weighted by Crippen LogP contribution is -2.40. The molecule has 3 rings (SSSR count). The zero-order chi connectivity index (χ0) is 12.5. The van der Waals surface area contributed by atoms with Gasteiger partial charge in [-0.25, -0.2) is 4.98 Å². The molecule has 0 spiro atoms. The van der Waals surface area contributed by atoms with E-state index in [0.29, 0.717) is 22.8 Å². The zero-order valence-electron chi connectivity index (χ0n) is 10.3. The van der Waals surface area contributed by atoms with Crippen LogP contribution in [0.25, 0.3) is 0 Å². The van der Waals surface area contributed by atoms with Gasteiger partial charge in [0, 0.05) is 23.8 Å². The summed E-state index contributed by atoms with van der Waals surface area (Å²) in [4.78, 5) is 18.6. The summed E-state index contributed by atoms with van der Waals surface area (Å²) in [6.45, 7) is 0. The highest BCUT2D eigenvalue weighted by Crippen LogP contribution is 2.35. The predicted molar refractivity (Wildman–Crippen MR) is 70.7 cm³/mol. The Morgan fingerprint density at radius 2 is 1.89 bits per heavy atom. The van der Waals surface area contributed by atoms with Gasteiger partial charge in [-0.1, -0.05) is 24.4 Å². The van der Waals surface area contributed by atoms with Gasteiger partial charge < -0.3 is 4.90 Å². The van der Waals surface area contributed by atoms with E-state index in [1.807, 2.05) is 0 Å². The molecule has 0 unspecified atom stereocenters. The van der Waals surface area contributed by atoms with Crippen molar-refractivity contribution in [3.63, 3.8) is 0 Å². The minimum absolute atomic E-state index is 0.133. The smallest absolute Gasteiger partial charge is 0.254 e. The number of rotatable bonds is 3. The highest BCUT2D eigenvalue weighted by atomic mass is 35.5. The largest absolute Gasteiger partial charge is 0.333 e. The van der Waals surface area contributed by atoms with E-state index in [1.165, 1.54) is 12.8 Å². The van der Waals surface area contributed by atoms with Crippen molar-refractivity contribution in [2.45, 2.75) is 50.6 Å². The monoisotopic (exact) mass is 264 g/mol. The van der Waals surface area contributed by atoms with Crippen molar-refractivity contribution in [3.8, 4) is 0 Å². The summed E-state index contributed by atoms with van der Waals surface area (Å²) in [6, 6.07) is 4.34. The predicted octanol–water partition coefficient (Wildman–Crippen LogP) is 3.28. The molecule has 2 saturated carbocycles. The Kier molecular flexibility index (Phi) is 3.25. The molecule has 2 aliphatic rings. The fraction of sp³-hybridized carbons (Fsp3) is 0.571. The molecular weight excluding hydrogens is 248 g/mol. The molecule has 96 valence electrons. The van der Waals surface area contributed by atoms with Crippen molar-refractivity contribution >= 4 is 17.5 Å². The second-order valence-corrected chi connectivity index (χ2v) is 5.64. The fourth-order valence-corrected chi connectivity index (χ4v) is 3.02. The van der Waals surface area contributed by atoms with Gasteiger partial charge in [-0.05, 0) is 37.8 Å². The van der Waals surface area contributed by atoms with Crippen LogP contribution in [0.3, 0.4) is 0 Å². The van der Waals surface area contributed by atoms with E-state index in [9.17, 15) is 4.79 Å². The first-order chi connectivity index (χ1) is 8.75. The van der Waals surface area contributed by atoms with Crippen LogP contribution in [0.4, 0.5) is 0 Å². The Morgan fingerprint density at radius 1 is 1.22 bits per heavy atom. The van der Waals surface area contributed by atoms with Crippen molar-refractivity contribution in [2.75, 3.05) is 0 Å². The third kappa shape index (κ3) is 2.37. The molecular formula is C14H17ClN2O. The average molecular weight is 265 g/mol. The first kappa shape index (κ1) is 12.0. The summed E-state index contributed by atoms with van der Waals surface area (Å²) in [5.74, 6) is 0.133. The van der Waals surface area contributed by atoms with E-state index >= 15 is 0 Å². The minimum atomic E-state index is 0.133. The second kappa shape index (κ2) is 4.88. The summed E-state index contributed by atoms with van der Waals surface area (Å²) in [7, 11) is 0. The van der Waals surface area contributed by atoms with E-state index in [0.717, 1.165) is 25.7 Å². The van der Waals surface area contributed by atoms with Crippen molar-refractivity contribution in [3.05, 3.63) is 29.0 Å². The topological polar surface area (TPSA) is 33.2 Å². The zero-order valence-corrected chi connectivity index (χ0v) is 11.1. The third-order valence-electron chi connectivity index (χ3n) is 3.87. The van der Waals surface area contributed by atoms with Gasteiger partial charge in [-0.2, -0.15) is 0 Å². The number of pyridine rings is 1. The molecule has 0 saturated heterocycles. The van der Waals surface area contributed by atoms with Crippen LogP contribution in [-0.2, 0) is 0 Å². The molecule has 3 nitrogen and oxygen atoms in total. The van der Waals surface area contributed by atoms with Crippen LogP contribution in [0.5, 0.6) is 0 Å². The van der Waals surface area contributed by atoms with Crippen LogP contribution in [0, 0.1) is 0 Å². The van der Waals surface area contributed by atoms with E-state index in [-0.39, 0.29) is 5.91 Å². The number of carbonyl (C=O) groups excluding carboxylic acids is 1. The lowest BCUT2D eigenvalue weighted by atomic mass is 10.1. The Labute approximate surface area is 112 Å². The average Bonchev–Trinajstić information content (AvgIpc) is 3.04. The lowest BCUT2D eigenvalue weighted by molar-refractivity contribution is 0.0664. The molecule has 2 aliphatic carbocycles. The highest BCUT2D eigenvalue weighted by molar-refractivity contribution is 6.29.